The van der Waals surface area contributed by atoms with Gasteiger partial charge in [0.25, 0.3) is 22.2 Å². The van der Waals surface area contributed by atoms with Gasteiger partial charge < -0.3 is 38.9 Å². The highest BCUT2D eigenvalue weighted by Crippen LogP contribution is 2.44. The number of hydrogen-bond donors (Lipinski definition) is 4. The van der Waals surface area contributed by atoms with Gasteiger partial charge in [0, 0.05) is 21.5 Å². The van der Waals surface area contributed by atoms with Gasteiger partial charge in [0.2, 0.25) is 0 Å². The highest BCUT2D eigenvalue weighted by atomic mass is 16.5. The molecule has 0 aliphatic carbocycles. The summed E-state index contributed by atoms with van der Waals surface area (Å²) in [5, 5.41) is 8.30. The van der Waals surface area contributed by atoms with E-state index in [1.165, 1.54) is 28.4 Å². The van der Waals surface area contributed by atoms with Crippen molar-refractivity contribution in [2.75, 3.05) is 28.4 Å². The van der Waals surface area contributed by atoms with Crippen molar-refractivity contribution in [1.29, 1.82) is 0 Å². The number of rotatable bonds is 4. The molecule has 0 unspecified atom stereocenters. The third-order valence-corrected chi connectivity index (χ3v) is 12.8. The fourth-order valence-electron chi connectivity index (χ4n) is 9.71. The number of H-pyrrole nitrogens is 4. The first-order valence-electron chi connectivity index (χ1n) is 22.8. The van der Waals surface area contributed by atoms with E-state index in [0.29, 0.717) is 43.1 Å². The molecule has 0 aliphatic rings. The summed E-state index contributed by atoms with van der Waals surface area (Å²) in [5.41, 5.74) is -1.71. The summed E-state index contributed by atoms with van der Waals surface area (Å²) in [4.78, 5) is 79.8. The molecule has 4 N–H and O–H groups in total. The number of ether oxygens (including phenoxy) is 4. The zero-order valence-corrected chi connectivity index (χ0v) is 39.2. The second kappa shape index (κ2) is 18.3. The van der Waals surface area contributed by atoms with Crippen LogP contribution in [0.2, 0.25) is 0 Å². The van der Waals surface area contributed by atoms with Crippen LogP contribution in [-0.4, -0.2) is 58.3 Å². The van der Waals surface area contributed by atoms with Crippen molar-refractivity contribution >= 4 is 109 Å². The maximum atomic E-state index is 14.7. The average molecular weight is 951 g/mol. The number of pyridine rings is 2. The lowest BCUT2D eigenvalue weighted by Crippen LogP contribution is -2.08. The Morgan fingerprint density at radius 2 is 0.514 bits per heavy atom. The van der Waals surface area contributed by atoms with E-state index in [-0.39, 0.29) is 67.1 Å². The lowest BCUT2D eigenvalue weighted by molar-refractivity contribution is 0.421. The molecular weight excluding hydrogens is 909 g/mol. The van der Waals surface area contributed by atoms with Crippen LogP contribution < -0.4 is 41.2 Å². The number of fused-ring (bicyclic) bond motifs is 22. The monoisotopic (exact) mass is 950 g/mol. The highest BCUT2D eigenvalue weighted by Gasteiger charge is 2.20. The van der Waals surface area contributed by atoms with Crippen molar-refractivity contribution in [2.24, 2.45) is 0 Å². The molecule has 0 radical (unpaired) electrons. The summed E-state index contributed by atoms with van der Waals surface area (Å²) >= 11 is 0. The van der Waals surface area contributed by atoms with Crippen LogP contribution in [0, 0.1) is 0 Å². The maximum Gasteiger partial charge on any atom is 0.260 e. The van der Waals surface area contributed by atoms with Crippen LogP contribution in [0.4, 0.5) is 0 Å². The van der Waals surface area contributed by atoms with Gasteiger partial charge in [-0.15, -0.1) is 0 Å². The predicted octanol–water partition coefficient (Wildman–Crippen LogP) is 10.7. The molecule has 0 fully saturated rings. The highest BCUT2D eigenvalue weighted by molar-refractivity contribution is 6.25. The van der Waals surface area contributed by atoms with Crippen molar-refractivity contribution in [3.8, 4) is 23.0 Å². The number of aromatic nitrogens is 6. The third kappa shape index (κ3) is 7.63. The minimum absolute atomic E-state index is 0.132. The van der Waals surface area contributed by atoms with Gasteiger partial charge in [-0.1, -0.05) is 109 Å². The minimum atomic E-state index is -0.560. The molecule has 3 aromatic heterocycles. The summed E-state index contributed by atoms with van der Waals surface area (Å²) in [6.07, 6.45) is 0. The molecule has 14 heteroatoms. The molecule has 11 rings (SSSR count). The van der Waals surface area contributed by atoms with Gasteiger partial charge in [0.1, 0.15) is 45.6 Å². The predicted molar refractivity (Wildman–Crippen MR) is 287 cm³/mol. The van der Waals surface area contributed by atoms with Crippen LogP contribution in [-0.2, 0) is 0 Å². The van der Waals surface area contributed by atoms with Gasteiger partial charge in [-0.3, -0.25) is 19.2 Å². The normalized spacial score (nSPS) is 11.3. The van der Waals surface area contributed by atoms with Crippen LogP contribution in [0.5, 0.6) is 23.0 Å². The van der Waals surface area contributed by atoms with E-state index < -0.39 is 22.2 Å². The van der Waals surface area contributed by atoms with E-state index in [1.807, 2.05) is 97.1 Å². The summed E-state index contributed by atoms with van der Waals surface area (Å²) in [6, 6.07) is 46.8. The van der Waals surface area contributed by atoms with Crippen LogP contribution in [0.3, 0.4) is 0 Å². The van der Waals surface area contributed by atoms with Gasteiger partial charge in [-0.2, -0.15) is 0 Å². The van der Waals surface area contributed by atoms with Crippen molar-refractivity contribution < 1.29 is 18.9 Å². The van der Waals surface area contributed by atoms with E-state index in [0.717, 1.165) is 21.5 Å². The van der Waals surface area contributed by atoms with Gasteiger partial charge >= 0.3 is 0 Å². The molecule has 12 bridgehead atoms. The Hall–Kier alpha value is -9.82. The molecule has 352 valence electrons. The SMILES string of the molecule is COc1c2cc3ccccc3c1c1c(OC)c(cc3ccccc31)c(=O)[nH]c1cccc(n1)[nH]c(=O)c1cc3ccccc3c(c1OC)c1c(OC)c(cc3ccccc31)c(=O)[nH]c1cccc(n1)[nH]c2=O. The largest absolute Gasteiger partial charge is 0.495 e. The Morgan fingerprint density at radius 3 is 0.736 bits per heavy atom. The molecule has 0 saturated carbocycles. The van der Waals surface area contributed by atoms with Crippen molar-refractivity contribution in [1.82, 2.24) is 29.9 Å². The second-order valence-corrected chi connectivity index (χ2v) is 16.8. The quantitative estimate of drug-likeness (QED) is 0.132. The van der Waals surface area contributed by atoms with Crippen molar-refractivity contribution in [3.05, 3.63) is 199 Å². The van der Waals surface area contributed by atoms with E-state index in [2.05, 4.69) is 29.9 Å². The summed E-state index contributed by atoms with van der Waals surface area (Å²) in [5.74, 6) is 0.821. The molecule has 11 aromatic rings. The number of aromatic amines is 4. The summed E-state index contributed by atoms with van der Waals surface area (Å²) in [6.45, 7) is 0. The number of nitrogens with zero attached hydrogens (tertiary/aromatic N) is 2. The standard InChI is InChI=1S/C58H42N6O8/c1-69-51-39-27-31-15-5-9-19-35(31)47(51)48-36-20-10-6-16-32(36)28-40(52(48)70-2)56(66)62-45-25-14-26-46(60-45)64-58(68)42-30-34-18-8-12-22-38(34)50(54(42)72-4)49-37-21-11-7-17-33(37)29-41(53(49)71-3)57(67)63-44-24-13-23-43(59-44)61-55(39)65/h5-30H,1-4H3,(H2,59,61,63,65,67)(H2,60,62,64,66,68). The van der Waals surface area contributed by atoms with E-state index in [9.17, 15) is 19.2 Å². The number of nitrogens with one attached hydrogen (secondary N) is 4. The maximum absolute atomic E-state index is 14.7. The lowest BCUT2D eigenvalue weighted by Gasteiger charge is -2.14. The van der Waals surface area contributed by atoms with Crippen LogP contribution in [0.1, 0.15) is 0 Å². The molecule has 0 saturated heterocycles. The molecule has 3 heterocycles. The fraction of sp³-hybridized carbons (Fsp3) is 0.0690. The number of hydrogen-bond acceptors (Lipinski definition) is 10. The van der Waals surface area contributed by atoms with E-state index >= 15 is 0 Å². The first kappa shape index (κ1) is 44.7. The minimum Gasteiger partial charge on any atom is -0.495 e. The first-order chi connectivity index (χ1) is 35.2. The third-order valence-electron chi connectivity index (χ3n) is 12.8. The van der Waals surface area contributed by atoms with Crippen molar-refractivity contribution in [2.45, 2.75) is 0 Å². The van der Waals surface area contributed by atoms with Gasteiger partial charge in [-0.25, -0.2) is 9.97 Å². The smallest absolute Gasteiger partial charge is 0.260 e. The Bertz CT molecular complexity index is 4060. The Kier molecular flexibility index (Phi) is 11.3. The molecule has 0 amide bonds. The first-order valence-corrected chi connectivity index (χ1v) is 22.8. The number of methoxy groups -OCH3 is 4. The molecule has 0 aliphatic heterocycles. The summed E-state index contributed by atoms with van der Waals surface area (Å²) < 4.78 is 24.7. The number of benzene rings is 8. The Morgan fingerprint density at radius 1 is 0.292 bits per heavy atom. The lowest BCUT2D eigenvalue weighted by atomic mass is 9.95. The topological polar surface area (TPSA) is 194 Å². The molecule has 0 spiro atoms. The summed E-state index contributed by atoms with van der Waals surface area (Å²) in [7, 11) is 5.90. The van der Waals surface area contributed by atoms with Crippen LogP contribution in [0.25, 0.3) is 109 Å². The molecule has 14 nitrogen and oxygen atoms in total. The van der Waals surface area contributed by atoms with E-state index in [4.69, 9.17) is 18.9 Å². The van der Waals surface area contributed by atoms with Gasteiger partial charge in [-0.05, 0) is 91.6 Å². The zero-order chi connectivity index (χ0) is 49.6. The molecule has 8 aromatic carbocycles. The van der Waals surface area contributed by atoms with Crippen molar-refractivity contribution in [3.63, 3.8) is 0 Å². The fourth-order valence-corrected chi connectivity index (χ4v) is 9.71. The molecule has 0 atom stereocenters. The van der Waals surface area contributed by atoms with E-state index in [1.54, 1.807) is 60.7 Å². The average Bonchev–Trinajstić information content (AvgIpc) is 3.40. The second-order valence-electron chi connectivity index (χ2n) is 16.8. The molecular formula is C58H42N6O8. The van der Waals surface area contributed by atoms with Gasteiger partial charge in [0.05, 0.1) is 50.0 Å². The van der Waals surface area contributed by atoms with Crippen LogP contribution in [0.15, 0.2) is 177 Å². The van der Waals surface area contributed by atoms with Crippen LogP contribution >= 0.6 is 0 Å². The zero-order valence-electron chi connectivity index (χ0n) is 39.2. The molecule has 72 heavy (non-hydrogen) atoms. The Labute approximate surface area is 406 Å². The van der Waals surface area contributed by atoms with Gasteiger partial charge in [0.15, 0.2) is 0 Å². The Balaban J connectivity index is 1.40.